The summed E-state index contributed by atoms with van der Waals surface area (Å²) in [6, 6.07) is 5.35. The minimum absolute atomic E-state index is 0.220. The van der Waals surface area contributed by atoms with Crippen LogP contribution in [0.3, 0.4) is 0 Å². The van der Waals surface area contributed by atoms with Gasteiger partial charge in [0.2, 0.25) is 0 Å². The summed E-state index contributed by atoms with van der Waals surface area (Å²) >= 11 is 5.97. The van der Waals surface area contributed by atoms with E-state index in [0.717, 1.165) is 11.1 Å². The molecule has 18 heavy (non-hydrogen) atoms. The predicted molar refractivity (Wildman–Crippen MR) is 71.2 cm³/mol. The van der Waals surface area contributed by atoms with Crippen LogP contribution in [-0.2, 0) is 0 Å². The molecule has 4 nitrogen and oxygen atoms in total. The molecule has 2 N–H and O–H groups in total. The fraction of sp³-hybridized carbons (Fsp3) is 0.385. The number of halogens is 1. The van der Waals surface area contributed by atoms with Crippen LogP contribution >= 0.6 is 11.6 Å². The van der Waals surface area contributed by atoms with E-state index < -0.39 is 0 Å². The second-order valence-electron chi connectivity index (χ2n) is 4.69. The summed E-state index contributed by atoms with van der Waals surface area (Å²) in [4.78, 5) is 4.34. The Morgan fingerprint density at radius 3 is 2.72 bits per heavy atom. The van der Waals surface area contributed by atoms with Gasteiger partial charge in [0.1, 0.15) is 0 Å². The van der Waals surface area contributed by atoms with Crippen molar-refractivity contribution in [3.63, 3.8) is 0 Å². The highest BCUT2D eigenvalue weighted by atomic mass is 35.5. The lowest BCUT2D eigenvalue weighted by molar-refractivity contribution is 0.400. The molecular formula is C13H16ClN3O. The average molecular weight is 266 g/mol. The Hall–Kier alpha value is -1.39. The van der Waals surface area contributed by atoms with Gasteiger partial charge >= 0.3 is 0 Å². The molecule has 0 amide bonds. The molecule has 0 bridgehead atoms. The van der Waals surface area contributed by atoms with Gasteiger partial charge in [-0.3, -0.25) is 0 Å². The summed E-state index contributed by atoms with van der Waals surface area (Å²) in [5, 5.41) is 4.57. The number of hydrogen-bond acceptors (Lipinski definition) is 4. The van der Waals surface area contributed by atoms with Crippen molar-refractivity contribution in [1.82, 2.24) is 10.1 Å². The molecule has 0 saturated heterocycles. The summed E-state index contributed by atoms with van der Waals surface area (Å²) in [6.45, 7) is 6.01. The Bertz CT molecular complexity index is 551. The number of rotatable bonds is 3. The minimum Gasteiger partial charge on any atom is -0.334 e. The van der Waals surface area contributed by atoms with E-state index in [1.165, 1.54) is 0 Å². The molecule has 1 unspecified atom stereocenters. The second-order valence-corrected chi connectivity index (χ2v) is 5.12. The number of aromatic nitrogens is 2. The summed E-state index contributed by atoms with van der Waals surface area (Å²) in [5.74, 6) is 1.25. The molecule has 5 heteroatoms. The highest BCUT2D eigenvalue weighted by Crippen LogP contribution is 2.26. The van der Waals surface area contributed by atoms with Crippen molar-refractivity contribution in [1.29, 1.82) is 0 Å². The third-order valence-corrected chi connectivity index (χ3v) is 3.12. The molecule has 1 atom stereocenters. The van der Waals surface area contributed by atoms with Gasteiger partial charge in [0.25, 0.3) is 5.89 Å². The maximum absolute atomic E-state index is 5.99. The molecule has 1 aromatic carbocycles. The first-order valence-electron chi connectivity index (χ1n) is 5.84. The Morgan fingerprint density at radius 2 is 2.06 bits per heavy atom. The number of nitrogens with two attached hydrogens (primary N) is 1. The van der Waals surface area contributed by atoms with Gasteiger partial charge in [0, 0.05) is 10.6 Å². The van der Waals surface area contributed by atoms with E-state index in [2.05, 4.69) is 10.1 Å². The van der Waals surface area contributed by atoms with Crippen molar-refractivity contribution in [3.05, 3.63) is 34.6 Å². The summed E-state index contributed by atoms with van der Waals surface area (Å²) in [7, 11) is 0. The van der Waals surface area contributed by atoms with Gasteiger partial charge in [-0.25, -0.2) is 0 Å². The van der Waals surface area contributed by atoms with Crippen LogP contribution in [0.25, 0.3) is 11.5 Å². The Morgan fingerprint density at radius 1 is 1.33 bits per heavy atom. The van der Waals surface area contributed by atoms with Gasteiger partial charge in [-0.1, -0.05) is 36.7 Å². The zero-order valence-corrected chi connectivity index (χ0v) is 11.4. The first kappa shape index (κ1) is 13.1. The quantitative estimate of drug-likeness (QED) is 0.924. The molecule has 96 valence electrons. The number of aryl methyl sites for hydroxylation is 1. The first-order chi connectivity index (χ1) is 8.49. The van der Waals surface area contributed by atoms with Crippen LogP contribution < -0.4 is 5.73 Å². The van der Waals surface area contributed by atoms with Gasteiger partial charge in [0.05, 0.1) is 6.04 Å². The van der Waals surface area contributed by atoms with Crippen LogP contribution in [0.5, 0.6) is 0 Å². The number of benzene rings is 1. The number of nitrogens with zero attached hydrogens (tertiary/aromatic N) is 2. The van der Waals surface area contributed by atoms with Crippen molar-refractivity contribution >= 4 is 11.6 Å². The fourth-order valence-electron chi connectivity index (χ4n) is 1.60. The molecule has 0 aliphatic heterocycles. The molecule has 0 aliphatic carbocycles. The van der Waals surface area contributed by atoms with Crippen LogP contribution in [0.15, 0.2) is 22.7 Å². The van der Waals surface area contributed by atoms with Crippen LogP contribution in [-0.4, -0.2) is 10.1 Å². The Balaban J connectivity index is 2.38. The van der Waals surface area contributed by atoms with Gasteiger partial charge in [-0.15, -0.1) is 0 Å². The van der Waals surface area contributed by atoms with E-state index in [4.69, 9.17) is 21.9 Å². The van der Waals surface area contributed by atoms with Crippen LogP contribution in [0.4, 0.5) is 0 Å². The Kier molecular flexibility index (Phi) is 3.68. The molecule has 0 aliphatic rings. The molecule has 0 spiro atoms. The summed E-state index contributed by atoms with van der Waals surface area (Å²) < 4.78 is 5.26. The number of hydrogen-bond donors (Lipinski definition) is 1. The predicted octanol–water partition coefficient (Wildman–Crippen LogP) is 3.35. The van der Waals surface area contributed by atoms with Gasteiger partial charge in [-0.2, -0.15) is 4.98 Å². The van der Waals surface area contributed by atoms with E-state index in [9.17, 15) is 0 Å². The molecule has 2 rings (SSSR count). The molecule has 0 radical (unpaired) electrons. The average Bonchev–Trinajstić information content (AvgIpc) is 2.80. The largest absolute Gasteiger partial charge is 0.334 e. The lowest BCUT2D eigenvalue weighted by Crippen LogP contribution is -2.18. The van der Waals surface area contributed by atoms with E-state index >= 15 is 0 Å². The molecule has 0 fully saturated rings. The highest BCUT2D eigenvalue weighted by Gasteiger charge is 2.19. The van der Waals surface area contributed by atoms with Crippen LogP contribution in [0.2, 0.25) is 5.02 Å². The van der Waals surface area contributed by atoms with Crippen molar-refractivity contribution in [2.75, 3.05) is 0 Å². The summed E-state index contributed by atoms with van der Waals surface area (Å²) in [6.07, 6.45) is 0. The highest BCUT2D eigenvalue weighted by molar-refractivity contribution is 6.30. The van der Waals surface area contributed by atoms with E-state index in [0.29, 0.717) is 16.7 Å². The van der Waals surface area contributed by atoms with E-state index in [1.807, 2.05) is 39.0 Å². The zero-order valence-electron chi connectivity index (χ0n) is 10.6. The zero-order chi connectivity index (χ0) is 13.3. The molecule has 1 aromatic heterocycles. The smallest absolute Gasteiger partial charge is 0.258 e. The van der Waals surface area contributed by atoms with Crippen molar-refractivity contribution < 1.29 is 4.52 Å². The molecule has 2 aromatic rings. The minimum atomic E-state index is -0.220. The third-order valence-electron chi connectivity index (χ3n) is 2.89. The molecular weight excluding hydrogens is 250 g/mol. The first-order valence-corrected chi connectivity index (χ1v) is 6.22. The SMILES string of the molecule is Cc1ccc(Cl)cc1-c1nc(C(N)C(C)C)no1. The van der Waals surface area contributed by atoms with Crippen LogP contribution in [0.1, 0.15) is 31.3 Å². The summed E-state index contributed by atoms with van der Waals surface area (Å²) in [5.41, 5.74) is 7.87. The van der Waals surface area contributed by atoms with Crippen molar-refractivity contribution in [2.45, 2.75) is 26.8 Å². The monoisotopic (exact) mass is 265 g/mol. The van der Waals surface area contributed by atoms with Gasteiger partial charge in [-0.05, 0) is 30.5 Å². The maximum atomic E-state index is 5.99. The fourth-order valence-corrected chi connectivity index (χ4v) is 1.77. The van der Waals surface area contributed by atoms with E-state index in [1.54, 1.807) is 0 Å². The second kappa shape index (κ2) is 5.08. The van der Waals surface area contributed by atoms with Crippen molar-refractivity contribution in [3.8, 4) is 11.5 Å². The lowest BCUT2D eigenvalue weighted by Gasteiger charge is -2.09. The third kappa shape index (κ3) is 2.54. The lowest BCUT2D eigenvalue weighted by atomic mass is 10.1. The Labute approximate surface area is 111 Å². The van der Waals surface area contributed by atoms with E-state index in [-0.39, 0.29) is 12.0 Å². The molecule has 1 heterocycles. The standard InChI is InChI=1S/C13H16ClN3O/c1-7(2)11(15)12-16-13(18-17-12)10-6-9(14)5-4-8(10)3/h4-7,11H,15H2,1-3H3. The normalized spacial score (nSPS) is 13.0. The van der Waals surface area contributed by atoms with Crippen molar-refractivity contribution in [2.24, 2.45) is 11.7 Å². The molecule has 0 saturated carbocycles. The van der Waals surface area contributed by atoms with Gasteiger partial charge < -0.3 is 10.3 Å². The maximum Gasteiger partial charge on any atom is 0.258 e. The topological polar surface area (TPSA) is 64.9 Å². The van der Waals surface area contributed by atoms with Crippen LogP contribution in [0, 0.1) is 12.8 Å². The van der Waals surface area contributed by atoms with Gasteiger partial charge in [0.15, 0.2) is 5.82 Å².